The third kappa shape index (κ3) is 1.91. The van der Waals surface area contributed by atoms with Crippen molar-refractivity contribution in [2.75, 3.05) is 0 Å². The summed E-state index contributed by atoms with van der Waals surface area (Å²) < 4.78 is 13.8. The van der Waals surface area contributed by atoms with Crippen LogP contribution in [0, 0.1) is 5.82 Å². The van der Waals surface area contributed by atoms with Crippen LogP contribution in [0.3, 0.4) is 0 Å². The van der Waals surface area contributed by atoms with Crippen molar-refractivity contribution >= 4 is 6.08 Å². The molecule has 0 unspecified atom stereocenters. The summed E-state index contributed by atoms with van der Waals surface area (Å²) in [6.45, 7) is 0. The highest BCUT2D eigenvalue weighted by Gasteiger charge is 2.35. The molecule has 0 radical (unpaired) electrons. The van der Waals surface area contributed by atoms with Crippen LogP contribution >= 0.6 is 0 Å². The van der Waals surface area contributed by atoms with Gasteiger partial charge in [0.2, 0.25) is 6.08 Å². The maximum absolute atomic E-state index is 13.8. The number of nitrogens with zero attached hydrogens (tertiary/aromatic N) is 1. The zero-order valence-corrected chi connectivity index (χ0v) is 9.08. The van der Waals surface area contributed by atoms with Crippen molar-refractivity contribution < 1.29 is 9.18 Å². The van der Waals surface area contributed by atoms with Crippen LogP contribution in [0.15, 0.2) is 29.3 Å². The molecule has 3 heteroatoms. The number of rotatable bonds is 2. The fourth-order valence-corrected chi connectivity index (χ4v) is 2.50. The Labute approximate surface area is 94.2 Å². The standard InChI is InChI=1S/C13H14FNO/c14-12-7-3-2-6-11(12)13(15-10-16)8-4-1-5-9-13/h2-3,6-7H,1,4-5,8-9H2. The van der Waals surface area contributed by atoms with Crippen LogP contribution in [0.1, 0.15) is 37.7 Å². The number of benzene rings is 1. The zero-order valence-electron chi connectivity index (χ0n) is 9.08. The van der Waals surface area contributed by atoms with Crippen molar-refractivity contribution in [3.63, 3.8) is 0 Å². The topological polar surface area (TPSA) is 29.4 Å². The number of halogens is 1. The van der Waals surface area contributed by atoms with E-state index in [-0.39, 0.29) is 5.82 Å². The van der Waals surface area contributed by atoms with Crippen LogP contribution in [0.5, 0.6) is 0 Å². The van der Waals surface area contributed by atoms with Crippen LogP contribution in [0.2, 0.25) is 0 Å². The molecule has 0 amide bonds. The molecule has 1 aliphatic rings. The van der Waals surface area contributed by atoms with E-state index in [1.54, 1.807) is 24.3 Å². The fourth-order valence-electron chi connectivity index (χ4n) is 2.50. The minimum absolute atomic E-state index is 0.275. The van der Waals surface area contributed by atoms with Gasteiger partial charge in [-0.2, -0.15) is 4.99 Å². The highest BCUT2D eigenvalue weighted by Crippen LogP contribution is 2.41. The molecule has 1 aromatic carbocycles. The SMILES string of the molecule is O=C=NC1(c2ccccc2F)CCCCC1. The smallest absolute Gasteiger partial charge is 0.211 e. The summed E-state index contributed by atoms with van der Waals surface area (Å²) in [6.07, 6.45) is 6.19. The first kappa shape index (κ1) is 11.0. The average Bonchev–Trinajstić information content (AvgIpc) is 2.31. The maximum atomic E-state index is 13.8. The van der Waals surface area contributed by atoms with E-state index in [1.807, 2.05) is 0 Å². The van der Waals surface area contributed by atoms with Crippen LogP contribution in [0.4, 0.5) is 4.39 Å². The number of aliphatic imine (C=N–C) groups is 1. The Morgan fingerprint density at radius 1 is 1.19 bits per heavy atom. The van der Waals surface area contributed by atoms with Gasteiger partial charge in [-0.3, -0.25) is 0 Å². The van der Waals surface area contributed by atoms with E-state index in [2.05, 4.69) is 4.99 Å². The normalized spacial score (nSPS) is 18.8. The molecule has 0 aliphatic heterocycles. The fraction of sp³-hybridized carbons (Fsp3) is 0.462. The van der Waals surface area contributed by atoms with Crippen molar-refractivity contribution in [1.82, 2.24) is 0 Å². The van der Waals surface area contributed by atoms with Crippen molar-refractivity contribution in [2.45, 2.75) is 37.6 Å². The van der Waals surface area contributed by atoms with Crippen LogP contribution in [-0.4, -0.2) is 6.08 Å². The molecule has 2 nitrogen and oxygen atoms in total. The molecule has 0 spiro atoms. The second kappa shape index (κ2) is 4.58. The molecule has 2 rings (SSSR count). The van der Waals surface area contributed by atoms with Gasteiger partial charge in [-0.1, -0.05) is 37.5 Å². The molecule has 0 bridgehead atoms. The summed E-state index contributed by atoms with van der Waals surface area (Å²) in [7, 11) is 0. The lowest BCUT2D eigenvalue weighted by Crippen LogP contribution is -2.27. The molecule has 0 aromatic heterocycles. The summed E-state index contributed by atoms with van der Waals surface area (Å²) in [5.74, 6) is -0.275. The molecule has 1 fully saturated rings. The lowest BCUT2D eigenvalue weighted by Gasteiger charge is -2.32. The third-order valence-corrected chi connectivity index (χ3v) is 3.32. The predicted molar refractivity (Wildman–Crippen MR) is 59.3 cm³/mol. The Morgan fingerprint density at radius 3 is 2.50 bits per heavy atom. The van der Waals surface area contributed by atoms with Gasteiger partial charge < -0.3 is 0 Å². The maximum Gasteiger partial charge on any atom is 0.235 e. The second-order valence-electron chi connectivity index (χ2n) is 4.28. The van der Waals surface area contributed by atoms with Crippen LogP contribution < -0.4 is 0 Å². The van der Waals surface area contributed by atoms with Crippen molar-refractivity contribution in [2.24, 2.45) is 4.99 Å². The van der Waals surface area contributed by atoms with Crippen molar-refractivity contribution in [1.29, 1.82) is 0 Å². The van der Waals surface area contributed by atoms with E-state index in [4.69, 9.17) is 0 Å². The minimum atomic E-state index is -0.661. The van der Waals surface area contributed by atoms with Crippen molar-refractivity contribution in [3.05, 3.63) is 35.6 Å². The Balaban J connectivity index is 2.46. The van der Waals surface area contributed by atoms with E-state index in [9.17, 15) is 9.18 Å². The van der Waals surface area contributed by atoms with Gasteiger partial charge in [-0.15, -0.1) is 0 Å². The Bertz CT molecular complexity index is 418. The van der Waals surface area contributed by atoms with Gasteiger partial charge >= 0.3 is 0 Å². The summed E-state index contributed by atoms with van der Waals surface area (Å²) in [5.41, 5.74) is -0.122. The molecule has 1 aromatic rings. The number of carbonyl (C=O) groups excluding carboxylic acids is 1. The van der Waals surface area contributed by atoms with Gasteiger partial charge in [0.25, 0.3) is 0 Å². The lowest BCUT2D eigenvalue weighted by molar-refractivity contribution is 0.294. The quantitative estimate of drug-likeness (QED) is 0.554. The number of hydrogen-bond acceptors (Lipinski definition) is 2. The van der Waals surface area contributed by atoms with Gasteiger partial charge in [0, 0.05) is 5.56 Å². The highest BCUT2D eigenvalue weighted by molar-refractivity contribution is 5.38. The highest BCUT2D eigenvalue weighted by atomic mass is 19.1. The summed E-state index contributed by atoms with van der Waals surface area (Å²) >= 11 is 0. The monoisotopic (exact) mass is 219 g/mol. The molecule has 16 heavy (non-hydrogen) atoms. The molecule has 1 saturated carbocycles. The third-order valence-electron chi connectivity index (χ3n) is 3.32. The minimum Gasteiger partial charge on any atom is -0.211 e. The molecular weight excluding hydrogens is 205 g/mol. The Hall–Kier alpha value is -1.47. The van der Waals surface area contributed by atoms with E-state index < -0.39 is 5.54 Å². The Morgan fingerprint density at radius 2 is 1.88 bits per heavy atom. The van der Waals surface area contributed by atoms with Gasteiger partial charge in [0.05, 0.1) is 0 Å². The number of hydrogen-bond donors (Lipinski definition) is 0. The Kier molecular flexibility index (Phi) is 3.16. The second-order valence-corrected chi connectivity index (χ2v) is 4.28. The van der Waals surface area contributed by atoms with E-state index in [1.165, 1.54) is 6.07 Å². The first-order valence-corrected chi connectivity index (χ1v) is 5.62. The molecule has 1 aliphatic carbocycles. The molecule has 0 atom stereocenters. The molecular formula is C13H14FNO. The van der Waals surface area contributed by atoms with Gasteiger partial charge in [-0.25, -0.2) is 9.18 Å². The average molecular weight is 219 g/mol. The summed E-state index contributed by atoms with van der Waals surface area (Å²) in [4.78, 5) is 14.4. The van der Waals surface area contributed by atoms with E-state index in [0.717, 1.165) is 32.1 Å². The summed E-state index contributed by atoms with van der Waals surface area (Å²) in [5, 5.41) is 0. The first-order chi connectivity index (χ1) is 7.78. The van der Waals surface area contributed by atoms with Gasteiger partial charge in [0.1, 0.15) is 11.4 Å². The van der Waals surface area contributed by atoms with Crippen LogP contribution in [0.25, 0.3) is 0 Å². The van der Waals surface area contributed by atoms with Gasteiger partial charge in [0.15, 0.2) is 0 Å². The molecule has 0 saturated heterocycles. The molecule has 84 valence electrons. The van der Waals surface area contributed by atoms with Gasteiger partial charge in [-0.05, 0) is 18.9 Å². The lowest BCUT2D eigenvalue weighted by atomic mass is 9.77. The predicted octanol–water partition coefficient (Wildman–Crippen LogP) is 3.32. The zero-order chi connectivity index (χ0) is 11.4. The van der Waals surface area contributed by atoms with Crippen molar-refractivity contribution in [3.8, 4) is 0 Å². The first-order valence-electron chi connectivity index (χ1n) is 5.62. The van der Waals surface area contributed by atoms with Crippen LogP contribution in [-0.2, 0) is 10.3 Å². The van der Waals surface area contributed by atoms with E-state index in [0.29, 0.717) is 5.56 Å². The molecule has 0 heterocycles. The molecule has 0 N–H and O–H groups in total. The number of isocyanates is 1. The van der Waals surface area contributed by atoms with E-state index >= 15 is 0 Å². The largest absolute Gasteiger partial charge is 0.235 e. The summed E-state index contributed by atoms with van der Waals surface area (Å²) in [6, 6.07) is 6.59.